The summed E-state index contributed by atoms with van der Waals surface area (Å²) >= 11 is 1.85. The van der Waals surface area contributed by atoms with Crippen LogP contribution in [0.15, 0.2) is 191 Å². The number of furan rings is 1. The molecule has 5 nitrogen and oxygen atoms in total. The molecule has 2 N–H and O–H groups in total. The summed E-state index contributed by atoms with van der Waals surface area (Å²) in [5.41, 5.74) is 10.7. The van der Waals surface area contributed by atoms with E-state index < -0.39 is 0 Å². The van der Waals surface area contributed by atoms with Gasteiger partial charge < -0.3 is 14.3 Å². The lowest BCUT2D eigenvalue weighted by Gasteiger charge is -2.32. The first kappa shape index (κ1) is 32.3. The molecule has 57 heavy (non-hydrogen) atoms. The number of benzene rings is 8. The van der Waals surface area contributed by atoms with Gasteiger partial charge in [0, 0.05) is 53.0 Å². The third-order valence-corrected chi connectivity index (χ3v) is 12.6. The first-order chi connectivity index (χ1) is 28.3. The fourth-order valence-electron chi connectivity index (χ4n) is 8.92. The third kappa shape index (κ3) is 5.08. The van der Waals surface area contributed by atoms with Crippen molar-refractivity contribution in [2.45, 2.75) is 12.3 Å². The lowest BCUT2D eigenvalue weighted by Crippen LogP contribution is -2.45. The van der Waals surface area contributed by atoms with Crippen molar-refractivity contribution in [2.24, 2.45) is 4.99 Å². The minimum absolute atomic E-state index is 0.140. The van der Waals surface area contributed by atoms with E-state index in [4.69, 9.17) is 9.41 Å². The van der Waals surface area contributed by atoms with Gasteiger partial charge in [0.1, 0.15) is 29.3 Å². The van der Waals surface area contributed by atoms with Crippen LogP contribution in [0.4, 0.5) is 0 Å². The Balaban J connectivity index is 1.01. The van der Waals surface area contributed by atoms with Crippen molar-refractivity contribution in [3.05, 3.63) is 199 Å². The molecule has 1 aliphatic rings. The quantitative estimate of drug-likeness (QED) is 0.184. The van der Waals surface area contributed by atoms with Crippen molar-refractivity contribution < 1.29 is 4.42 Å². The highest BCUT2D eigenvalue weighted by Crippen LogP contribution is 2.45. The molecule has 0 fully saturated rings. The number of fused-ring (bicyclic) bond motifs is 9. The molecule has 6 heteroatoms. The van der Waals surface area contributed by atoms with E-state index in [1.807, 2.05) is 23.5 Å². The maximum atomic E-state index is 7.05. The van der Waals surface area contributed by atoms with Gasteiger partial charge >= 0.3 is 0 Å². The summed E-state index contributed by atoms with van der Waals surface area (Å²) in [6.07, 6.45) is -0.373. The number of nitrogens with zero attached hydrogens (tertiary/aromatic N) is 2. The van der Waals surface area contributed by atoms with Crippen LogP contribution in [0.5, 0.6) is 0 Å². The number of amidine groups is 1. The molecule has 0 spiro atoms. The first-order valence-electron chi connectivity index (χ1n) is 19.4. The smallest absolute Gasteiger partial charge is 0.146 e. The third-order valence-electron chi connectivity index (χ3n) is 11.5. The zero-order valence-electron chi connectivity index (χ0n) is 30.7. The number of rotatable bonds is 5. The van der Waals surface area contributed by atoms with Gasteiger partial charge in [-0.15, -0.1) is 11.3 Å². The predicted molar refractivity (Wildman–Crippen MR) is 238 cm³/mol. The number of nitrogens with one attached hydrogen (secondary N) is 2. The Morgan fingerprint density at radius 3 is 1.82 bits per heavy atom. The fraction of sp³-hybridized carbons (Fsp3) is 0.0392. The molecule has 0 amide bonds. The molecule has 0 saturated heterocycles. The average molecular weight is 751 g/mol. The lowest BCUT2D eigenvalue weighted by atomic mass is 9.97. The number of aromatic nitrogens is 1. The van der Waals surface area contributed by atoms with E-state index in [1.165, 1.54) is 53.2 Å². The number of aliphatic imine (C=N–C) groups is 1. The Bertz CT molecular complexity index is 3320. The molecule has 270 valence electrons. The molecule has 0 saturated carbocycles. The molecule has 0 radical (unpaired) electrons. The largest absolute Gasteiger partial charge is 0.455 e. The van der Waals surface area contributed by atoms with Crippen LogP contribution in [-0.2, 0) is 0 Å². The van der Waals surface area contributed by atoms with Crippen LogP contribution in [0, 0.1) is 0 Å². The van der Waals surface area contributed by atoms with Crippen LogP contribution in [0.1, 0.15) is 29.0 Å². The Hall–Kier alpha value is -6.99. The molecule has 0 bridgehead atoms. The normalized spacial score (nSPS) is 15.9. The molecule has 8 aromatic carbocycles. The van der Waals surface area contributed by atoms with Crippen molar-refractivity contribution >= 4 is 81.1 Å². The first-order valence-corrected chi connectivity index (χ1v) is 20.2. The van der Waals surface area contributed by atoms with E-state index in [0.29, 0.717) is 0 Å². The molecule has 4 heterocycles. The fourth-order valence-corrected chi connectivity index (χ4v) is 10.1. The van der Waals surface area contributed by atoms with Gasteiger partial charge in [-0.3, -0.25) is 5.32 Å². The number of thiophene rings is 1. The second-order valence-electron chi connectivity index (χ2n) is 14.7. The maximum absolute atomic E-state index is 7.05. The van der Waals surface area contributed by atoms with E-state index in [9.17, 15) is 0 Å². The van der Waals surface area contributed by atoms with Crippen LogP contribution in [0.25, 0.3) is 80.7 Å². The minimum atomic E-state index is -0.234. The zero-order chi connectivity index (χ0) is 37.5. The van der Waals surface area contributed by atoms with Crippen molar-refractivity contribution in [2.75, 3.05) is 0 Å². The molecule has 2 atom stereocenters. The average Bonchev–Trinajstić information content (AvgIpc) is 3.96. The van der Waals surface area contributed by atoms with Crippen molar-refractivity contribution in [1.29, 1.82) is 0 Å². The maximum Gasteiger partial charge on any atom is 0.146 e. The number of para-hydroxylation sites is 4. The zero-order valence-corrected chi connectivity index (χ0v) is 31.5. The molecule has 0 aliphatic carbocycles. The van der Waals surface area contributed by atoms with Gasteiger partial charge in [-0.25, -0.2) is 4.99 Å². The van der Waals surface area contributed by atoms with Gasteiger partial charge in [-0.2, -0.15) is 0 Å². The Labute approximate surface area is 332 Å². The van der Waals surface area contributed by atoms with Crippen molar-refractivity contribution in [1.82, 2.24) is 15.2 Å². The summed E-state index contributed by atoms with van der Waals surface area (Å²) in [6.45, 7) is 0. The molecule has 12 rings (SSSR count). The highest BCUT2D eigenvalue weighted by atomic mass is 32.1. The van der Waals surface area contributed by atoms with E-state index in [1.54, 1.807) is 0 Å². The minimum Gasteiger partial charge on any atom is -0.455 e. The second-order valence-corrected chi connectivity index (χ2v) is 15.8. The number of hydrogen-bond donors (Lipinski definition) is 2. The molecule has 3 aromatic heterocycles. The van der Waals surface area contributed by atoms with Crippen molar-refractivity contribution in [3.63, 3.8) is 0 Å². The number of hydrogen-bond acceptors (Lipinski definition) is 5. The molecule has 1 aliphatic heterocycles. The van der Waals surface area contributed by atoms with Crippen LogP contribution < -0.4 is 10.6 Å². The molecule has 11 aromatic rings. The standard InChI is InChI=1S/C51H34N4OS/c1-3-14-31(15-4-1)49-52-50(32-16-5-2-6-17-32)54-51(53-49)41-24-12-23-39-38-22-11-21-37(47(38)56-48(39)41)36-20-13-27-44-46(36)40-29-28-33(30-45(40)57-44)55-42-25-9-7-18-34(42)35-19-8-10-26-43(35)55/h1-30,49-50,52H,(H,53,54). The van der Waals surface area contributed by atoms with E-state index in [2.05, 4.69) is 185 Å². The summed E-state index contributed by atoms with van der Waals surface area (Å²) < 4.78 is 12.0. The van der Waals surface area contributed by atoms with Crippen LogP contribution in [0.3, 0.4) is 0 Å². The summed E-state index contributed by atoms with van der Waals surface area (Å²) in [5, 5.41) is 14.6. The Kier molecular flexibility index (Phi) is 7.24. The second kappa shape index (κ2) is 12.8. The molecule has 2 unspecified atom stereocenters. The van der Waals surface area contributed by atoms with Gasteiger partial charge in [0.05, 0.1) is 16.6 Å². The summed E-state index contributed by atoms with van der Waals surface area (Å²) in [4.78, 5) is 5.26. The topological polar surface area (TPSA) is 54.5 Å². The highest BCUT2D eigenvalue weighted by Gasteiger charge is 2.28. The van der Waals surface area contributed by atoms with Crippen LogP contribution in [-0.4, -0.2) is 10.4 Å². The van der Waals surface area contributed by atoms with Gasteiger partial charge in [-0.1, -0.05) is 146 Å². The predicted octanol–water partition coefficient (Wildman–Crippen LogP) is 13.1. The van der Waals surface area contributed by atoms with Crippen LogP contribution >= 0.6 is 11.3 Å². The highest BCUT2D eigenvalue weighted by molar-refractivity contribution is 7.26. The van der Waals surface area contributed by atoms with Gasteiger partial charge in [0.25, 0.3) is 0 Å². The van der Waals surface area contributed by atoms with Gasteiger partial charge in [0.15, 0.2) is 0 Å². The summed E-state index contributed by atoms with van der Waals surface area (Å²) in [6, 6.07) is 64.8. The molecular formula is C51H34N4OS. The monoisotopic (exact) mass is 750 g/mol. The molecular weight excluding hydrogens is 717 g/mol. The van der Waals surface area contributed by atoms with Gasteiger partial charge in [-0.05, 0) is 53.1 Å². The SMILES string of the molecule is c1ccc(C2N=C(c3cccc4c3oc3c(-c5cccc6sc7cc(-n8c9ccccc9c9ccccc98)ccc7c56)cccc34)NC(c3ccccc3)N2)cc1. The van der Waals surface area contributed by atoms with Gasteiger partial charge in [0.2, 0.25) is 0 Å². The lowest BCUT2D eigenvalue weighted by molar-refractivity contribution is 0.409. The van der Waals surface area contributed by atoms with E-state index in [0.717, 1.165) is 50.0 Å². The van der Waals surface area contributed by atoms with Crippen molar-refractivity contribution in [3.8, 4) is 16.8 Å². The van der Waals surface area contributed by atoms with Crippen LogP contribution in [0.2, 0.25) is 0 Å². The summed E-state index contributed by atoms with van der Waals surface area (Å²) in [5.74, 6) is 0.799. The summed E-state index contributed by atoms with van der Waals surface area (Å²) in [7, 11) is 0. The Morgan fingerprint density at radius 1 is 0.491 bits per heavy atom. The van der Waals surface area contributed by atoms with E-state index >= 15 is 0 Å². The van der Waals surface area contributed by atoms with E-state index in [-0.39, 0.29) is 12.3 Å². The Morgan fingerprint density at radius 2 is 1.09 bits per heavy atom.